The summed E-state index contributed by atoms with van der Waals surface area (Å²) in [7, 11) is 1.66. The molecular weight excluding hydrogens is 300 g/mol. The van der Waals surface area contributed by atoms with Crippen LogP contribution in [0.5, 0.6) is 0 Å². The summed E-state index contributed by atoms with van der Waals surface area (Å²) < 4.78 is 13.6. The molecule has 0 heterocycles. The number of para-hydroxylation sites is 1. The van der Waals surface area contributed by atoms with Gasteiger partial charge in [0.15, 0.2) is 5.78 Å². The third-order valence-corrected chi connectivity index (χ3v) is 3.63. The molecule has 0 aliphatic heterocycles. The molecule has 0 aliphatic rings. The van der Waals surface area contributed by atoms with Crippen molar-refractivity contribution < 1.29 is 9.18 Å². The van der Waals surface area contributed by atoms with Gasteiger partial charge in [-0.15, -0.1) is 0 Å². The van der Waals surface area contributed by atoms with Gasteiger partial charge in [0, 0.05) is 12.6 Å². The van der Waals surface area contributed by atoms with Crippen molar-refractivity contribution in [3.63, 3.8) is 0 Å². The van der Waals surface area contributed by atoms with Crippen molar-refractivity contribution in [1.82, 2.24) is 0 Å². The molecule has 0 N–H and O–H groups in total. The first-order valence-electron chi connectivity index (χ1n) is 5.93. The fourth-order valence-corrected chi connectivity index (χ4v) is 2.12. The Labute approximate surface area is 126 Å². The number of hydrogen-bond acceptors (Lipinski definition) is 2. The monoisotopic (exact) mass is 311 g/mol. The Morgan fingerprint density at radius 2 is 1.85 bits per heavy atom. The summed E-state index contributed by atoms with van der Waals surface area (Å²) >= 11 is 11.7. The van der Waals surface area contributed by atoms with Gasteiger partial charge in [-0.3, -0.25) is 4.79 Å². The number of benzene rings is 2. The summed E-state index contributed by atoms with van der Waals surface area (Å²) in [5.41, 5.74) is 0.823. The van der Waals surface area contributed by atoms with Gasteiger partial charge < -0.3 is 4.90 Å². The fourth-order valence-electron chi connectivity index (χ4n) is 1.82. The second-order valence-corrected chi connectivity index (χ2v) is 5.17. The molecule has 0 spiro atoms. The zero-order chi connectivity index (χ0) is 14.7. The number of carbonyl (C=O) groups excluding carboxylic acids is 1. The second-order valence-electron chi connectivity index (χ2n) is 4.36. The molecule has 2 rings (SSSR count). The van der Waals surface area contributed by atoms with Crippen LogP contribution in [-0.2, 0) is 0 Å². The van der Waals surface area contributed by atoms with Crippen LogP contribution in [-0.4, -0.2) is 19.4 Å². The van der Waals surface area contributed by atoms with Gasteiger partial charge in [0.1, 0.15) is 5.82 Å². The van der Waals surface area contributed by atoms with Crippen LogP contribution in [0.25, 0.3) is 0 Å². The number of carbonyl (C=O) groups is 1. The molecule has 0 radical (unpaired) electrons. The van der Waals surface area contributed by atoms with Crippen molar-refractivity contribution in [2.24, 2.45) is 0 Å². The van der Waals surface area contributed by atoms with E-state index in [-0.39, 0.29) is 18.1 Å². The van der Waals surface area contributed by atoms with Gasteiger partial charge in [-0.05, 0) is 30.3 Å². The van der Waals surface area contributed by atoms with Crippen molar-refractivity contribution in [3.8, 4) is 0 Å². The summed E-state index contributed by atoms with van der Waals surface area (Å²) in [6.07, 6.45) is 0. The van der Waals surface area contributed by atoms with Crippen molar-refractivity contribution in [2.75, 3.05) is 18.5 Å². The van der Waals surface area contributed by atoms with Crippen LogP contribution in [0.4, 0.5) is 10.1 Å². The van der Waals surface area contributed by atoms with Crippen molar-refractivity contribution in [1.29, 1.82) is 0 Å². The van der Waals surface area contributed by atoms with E-state index in [0.29, 0.717) is 21.3 Å². The molecule has 2 nitrogen and oxygen atoms in total. The van der Waals surface area contributed by atoms with Gasteiger partial charge in [-0.1, -0.05) is 35.3 Å². The van der Waals surface area contributed by atoms with Crippen LogP contribution in [0.3, 0.4) is 0 Å². The van der Waals surface area contributed by atoms with E-state index in [9.17, 15) is 9.18 Å². The first kappa shape index (κ1) is 14.8. The Balaban J connectivity index is 2.15. The second kappa shape index (κ2) is 6.25. The molecule has 2 aromatic carbocycles. The van der Waals surface area contributed by atoms with Crippen molar-refractivity contribution in [2.45, 2.75) is 0 Å². The summed E-state index contributed by atoms with van der Waals surface area (Å²) in [6.45, 7) is 0.0545. The number of ketones is 1. The van der Waals surface area contributed by atoms with E-state index in [4.69, 9.17) is 23.2 Å². The lowest BCUT2D eigenvalue weighted by Crippen LogP contribution is -2.26. The quantitative estimate of drug-likeness (QED) is 0.777. The maximum atomic E-state index is 13.6. The molecule has 20 heavy (non-hydrogen) atoms. The number of anilines is 1. The highest BCUT2D eigenvalue weighted by molar-refractivity contribution is 6.42. The molecule has 0 amide bonds. The SMILES string of the molecule is CN(CC(=O)c1ccc(Cl)c(Cl)c1)c1ccccc1F. The number of likely N-dealkylation sites (N-methyl/N-ethyl adjacent to an activating group) is 1. The number of rotatable bonds is 4. The zero-order valence-corrected chi connectivity index (χ0v) is 12.2. The van der Waals surface area contributed by atoms with E-state index in [1.807, 2.05) is 0 Å². The Morgan fingerprint density at radius 3 is 2.50 bits per heavy atom. The zero-order valence-electron chi connectivity index (χ0n) is 10.7. The van der Waals surface area contributed by atoms with Crippen LogP contribution in [0.1, 0.15) is 10.4 Å². The van der Waals surface area contributed by atoms with E-state index in [1.165, 1.54) is 12.1 Å². The van der Waals surface area contributed by atoms with E-state index in [2.05, 4.69) is 0 Å². The van der Waals surface area contributed by atoms with Gasteiger partial charge >= 0.3 is 0 Å². The maximum Gasteiger partial charge on any atom is 0.182 e. The smallest absolute Gasteiger partial charge is 0.182 e. The molecule has 0 bridgehead atoms. The molecule has 0 saturated carbocycles. The lowest BCUT2D eigenvalue weighted by atomic mass is 10.1. The molecule has 0 atom stereocenters. The molecule has 0 aliphatic carbocycles. The minimum absolute atomic E-state index is 0.0545. The Morgan fingerprint density at radius 1 is 1.15 bits per heavy atom. The minimum atomic E-state index is -0.364. The summed E-state index contributed by atoms with van der Waals surface area (Å²) in [4.78, 5) is 13.7. The predicted molar refractivity (Wildman–Crippen MR) is 80.5 cm³/mol. The van der Waals surface area contributed by atoms with Crippen LogP contribution in [0, 0.1) is 5.82 Å². The average Bonchev–Trinajstić information content (AvgIpc) is 2.42. The predicted octanol–water partition coefficient (Wildman–Crippen LogP) is 4.45. The van der Waals surface area contributed by atoms with E-state index < -0.39 is 0 Å². The molecule has 0 saturated heterocycles. The van der Waals surface area contributed by atoms with Crippen molar-refractivity contribution >= 4 is 34.7 Å². The lowest BCUT2D eigenvalue weighted by Gasteiger charge is -2.19. The first-order chi connectivity index (χ1) is 9.49. The summed E-state index contributed by atoms with van der Waals surface area (Å²) in [5, 5.41) is 0.719. The lowest BCUT2D eigenvalue weighted by molar-refractivity contribution is 0.100. The standard InChI is InChI=1S/C15H12Cl2FNO/c1-19(14-5-3-2-4-13(14)18)9-15(20)10-6-7-11(16)12(17)8-10/h2-8H,9H2,1H3. The van der Waals surface area contributed by atoms with Gasteiger partial charge in [0.2, 0.25) is 0 Å². The topological polar surface area (TPSA) is 20.3 Å². The number of Topliss-reactive ketones (excluding diaryl/α,β-unsaturated/α-hetero) is 1. The van der Waals surface area contributed by atoms with Crippen LogP contribution in [0.2, 0.25) is 10.0 Å². The van der Waals surface area contributed by atoms with Gasteiger partial charge in [-0.25, -0.2) is 4.39 Å². The molecular formula is C15H12Cl2FNO. The third-order valence-electron chi connectivity index (χ3n) is 2.89. The molecule has 0 fully saturated rings. The average molecular weight is 312 g/mol. The Hall–Kier alpha value is -1.58. The first-order valence-corrected chi connectivity index (χ1v) is 6.68. The van der Waals surface area contributed by atoms with Gasteiger partial charge in [0.25, 0.3) is 0 Å². The van der Waals surface area contributed by atoms with Crippen LogP contribution in [0.15, 0.2) is 42.5 Å². The molecule has 0 aromatic heterocycles. The van der Waals surface area contributed by atoms with E-state index in [0.717, 1.165) is 0 Å². The largest absolute Gasteiger partial charge is 0.365 e. The Kier molecular flexibility index (Phi) is 4.63. The van der Waals surface area contributed by atoms with Crippen LogP contribution < -0.4 is 4.90 Å². The summed E-state index contributed by atoms with van der Waals surface area (Å²) in [6, 6.07) is 11.0. The van der Waals surface area contributed by atoms with E-state index >= 15 is 0 Å². The summed E-state index contributed by atoms with van der Waals surface area (Å²) in [5.74, 6) is -0.522. The maximum absolute atomic E-state index is 13.6. The van der Waals surface area contributed by atoms with Gasteiger partial charge in [-0.2, -0.15) is 0 Å². The molecule has 0 unspecified atom stereocenters. The molecule has 104 valence electrons. The van der Waals surface area contributed by atoms with Gasteiger partial charge in [0.05, 0.1) is 22.3 Å². The highest BCUT2D eigenvalue weighted by Gasteiger charge is 2.13. The Bertz CT molecular complexity index is 646. The number of nitrogens with zero attached hydrogens (tertiary/aromatic N) is 1. The fraction of sp³-hybridized carbons (Fsp3) is 0.133. The minimum Gasteiger partial charge on any atom is -0.365 e. The van der Waals surface area contributed by atoms with E-state index in [1.54, 1.807) is 42.3 Å². The van der Waals surface area contributed by atoms with Crippen molar-refractivity contribution in [3.05, 3.63) is 63.9 Å². The number of hydrogen-bond donors (Lipinski definition) is 0. The molecule has 5 heteroatoms. The number of halogens is 3. The third kappa shape index (κ3) is 3.30. The highest BCUT2D eigenvalue weighted by Crippen LogP contribution is 2.23. The molecule has 2 aromatic rings. The normalized spacial score (nSPS) is 10.4. The highest BCUT2D eigenvalue weighted by atomic mass is 35.5. The van der Waals surface area contributed by atoms with Crippen LogP contribution >= 0.6 is 23.2 Å².